The predicted octanol–water partition coefficient (Wildman–Crippen LogP) is 3.75. The number of halogens is 4. The molecule has 0 fully saturated rings. The van der Waals surface area contributed by atoms with Crippen LogP contribution in [0.2, 0.25) is 5.15 Å². The van der Waals surface area contributed by atoms with Crippen molar-refractivity contribution >= 4 is 17.4 Å². The van der Waals surface area contributed by atoms with Crippen molar-refractivity contribution in [2.24, 2.45) is 0 Å². The van der Waals surface area contributed by atoms with Gasteiger partial charge in [0.25, 0.3) is 0 Å². The maximum atomic E-state index is 12.4. The second-order valence-electron chi connectivity index (χ2n) is 3.85. The molecule has 0 amide bonds. The third-order valence-corrected chi connectivity index (χ3v) is 2.88. The van der Waals surface area contributed by atoms with Crippen molar-refractivity contribution in [1.82, 2.24) is 9.55 Å². The lowest BCUT2D eigenvalue weighted by atomic mass is 10.2. The summed E-state index contributed by atoms with van der Waals surface area (Å²) >= 11 is 5.94. The van der Waals surface area contributed by atoms with Crippen LogP contribution in [-0.2, 0) is 6.18 Å². The Morgan fingerprint density at radius 1 is 1.26 bits per heavy atom. The molecule has 0 atom stereocenters. The molecule has 0 radical (unpaired) electrons. The van der Waals surface area contributed by atoms with Crippen molar-refractivity contribution in [1.29, 1.82) is 0 Å². The molecule has 0 bridgehead atoms. The van der Waals surface area contributed by atoms with Gasteiger partial charge in [0.2, 0.25) is 0 Å². The van der Waals surface area contributed by atoms with E-state index in [0.717, 1.165) is 12.1 Å². The van der Waals surface area contributed by atoms with Crippen LogP contribution in [0.5, 0.6) is 0 Å². The number of nitrogens with zero attached hydrogens (tertiary/aromatic N) is 2. The van der Waals surface area contributed by atoms with Crippen LogP contribution >= 0.6 is 11.6 Å². The predicted molar refractivity (Wildman–Crippen MR) is 63.6 cm³/mol. The largest absolute Gasteiger partial charge is 0.416 e. The molecule has 7 heteroatoms. The Hall–Kier alpha value is -1.82. The third kappa shape index (κ3) is 2.63. The van der Waals surface area contributed by atoms with E-state index in [1.165, 1.54) is 30.0 Å². The Morgan fingerprint density at radius 2 is 1.84 bits per heavy atom. The molecule has 0 spiro atoms. The summed E-state index contributed by atoms with van der Waals surface area (Å²) in [6.07, 6.45) is -3.09. The fourth-order valence-electron chi connectivity index (χ4n) is 1.56. The normalized spacial score (nSPS) is 11.6. The van der Waals surface area contributed by atoms with Gasteiger partial charge >= 0.3 is 6.18 Å². The maximum absolute atomic E-state index is 12.4. The van der Waals surface area contributed by atoms with Crippen LogP contribution < -0.4 is 0 Å². The fourth-order valence-corrected chi connectivity index (χ4v) is 1.88. The number of imidazole rings is 1. The lowest BCUT2D eigenvalue weighted by Gasteiger charge is -2.08. The van der Waals surface area contributed by atoms with E-state index >= 15 is 0 Å². The monoisotopic (exact) mass is 288 g/mol. The quantitative estimate of drug-likeness (QED) is 0.789. The van der Waals surface area contributed by atoms with Gasteiger partial charge in [-0.05, 0) is 24.3 Å². The first-order chi connectivity index (χ1) is 8.80. The molecule has 1 heterocycles. The van der Waals surface area contributed by atoms with Gasteiger partial charge in [0.15, 0.2) is 5.78 Å². The molecule has 0 unspecified atom stereocenters. The van der Waals surface area contributed by atoms with Gasteiger partial charge in [0.1, 0.15) is 17.2 Å². The lowest BCUT2D eigenvalue weighted by Crippen LogP contribution is -2.05. The van der Waals surface area contributed by atoms with Gasteiger partial charge in [-0.1, -0.05) is 11.6 Å². The SMILES string of the molecule is CC(=O)c1ncn(-c2ccc(C(F)(F)F)cc2)c1Cl. The molecule has 0 saturated carbocycles. The molecule has 3 nitrogen and oxygen atoms in total. The second kappa shape index (κ2) is 4.70. The Labute approximate surface area is 111 Å². The van der Waals surface area contributed by atoms with Crippen LogP contribution in [0, 0.1) is 0 Å². The first-order valence-electron chi connectivity index (χ1n) is 5.22. The third-order valence-electron chi connectivity index (χ3n) is 2.52. The number of hydrogen-bond donors (Lipinski definition) is 0. The summed E-state index contributed by atoms with van der Waals surface area (Å²) in [7, 11) is 0. The molecular formula is C12H8ClF3N2O. The lowest BCUT2D eigenvalue weighted by molar-refractivity contribution is -0.137. The molecule has 19 heavy (non-hydrogen) atoms. The number of carbonyl (C=O) groups is 1. The molecule has 100 valence electrons. The van der Waals surface area contributed by atoms with Crippen molar-refractivity contribution in [2.45, 2.75) is 13.1 Å². The summed E-state index contributed by atoms with van der Waals surface area (Å²) in [6, 6.07) is 4.42. The number of rotatable bonds is 2. The molecule has 0 saturated heterocycles. The standard InChI is InChI=1S/C12H8ClF3N2O/c1-7(19)10-11(13)18(6-17-10)9-4-2-8(3-5-9)12(14,15)16/h2-6H,1H3. The van der Waals surface area contributed by atoms with E-state index < -0.39 is 11.7 Å². The highest BCUT2D eigenvalue weighted by molar-refractivity contribution is 6.32. The summed E-state index contributed by atoms with van der Waals surface area (Å²) in [5, 5.41) is 0.0762. The molecule has 1 aromatic heterocycles. The van der Waals surface area contributed by atoms with E-state index in [2.05, 4.69) is 4.98 Å². The van der Waals surface area contributed by atoms with Crippen molar-refractivity contribution < 1.29 is 18.0 Å². The number of benzene rings is 1. The molecule has 2 rings (SSSR count). The summed E-state index contributed by atoms with van der Waals surface area (Å²) in [6.45, 7) is 1.31. The van der Waals surface area contributed by atoms with Gasteiger partial charge in [-0.3, -0.25) is 9.36 Å². The number of Topliss-reactive ketones (excluding diaryl/α,β-unsaturated/α-hetero) is 1. The van der Waals surface area contributed by atoms with Crippen molar-refractivity contribution in [3.8, 4) is 5.69 Å². The van der Waals surface area contributed by atoms with Crippen molar-refractivity contribution in [2.75, 3.05) is 0 Å². The van der Waals surface area contributed by atoms with Crippen molar-refractivity contribution in [3.63, 3.8) is 0 Å². The summed E-state index contributed by atoms with van der Waals surface area (Å²) in [5.74, 6) is -0.310. The molecular weight excluding hydrogens is 281 g/mol. The van der Waals surface area contributed by atoms with E-state index in [0.29, 0.717) is 5.69 Å². The van der Waals surface area contributed by atoms with Gasteiger partial charge in [-0.15, -0.1) is 0 Å². The highest BCUT2D eigenvalue weighted by Gasteiger charge is 2.30. The Bertz CT molecular complexity index is 617. The fraction of sp³-hybridized carbons (Fsp3) is 0.167. The molecule has 0 N–H and O–H groups in total. The zero-order chi connectivity index (χ0) is 14.2. The topological polar surface area (TPSA) is 34.9 Å². The van der Waals surface area contributed by atoms with Crippen LogP contribution in [0.15, 0.2) is 30.6 Å². The van der Waals surface area contributed by atoms with E-state index in [1.807, 2.05) is 0 Å². The highest BCUT2D eigenvalue weighted by atomic mass is 35.5. The van der Waals surface area contributed by atoms with Crippen LogP contribution in [0.1, 0.15) is 23.0 Å². The molecule has 0 aliphatic rings. The molecule has 1 aromatic carbocycles. The van der Waals surface area contributed by atoms with E-state index in [4.69, 9.17) is 11.6 Å². The number of ketones is 1. The van der Waals surface area contributed by atoms with Gasteiger partial charge in [0, 0.05) is 12.6 Å². The minimum absolute atomic E-state index is 0.0762. The van der Waals surface area contributed by atoms with Crippen molar-refractivity contribution in [3.05, 3.63) is 47.0 Å². The highest BCUT2D eigenvalue weighted by Crippen LogP contribution is 2.30. The van der Waals surface area contributed by atoms with Crippen LogP contribution in [-0.4, -0.2) is 15.3 Å². The number of alkyl halides is 3. The number of carbonyl (C=O) groups excluding carboxylic acids is 1. The second-order valence-corrected chi connectivity index (χ2v) is 4.21. The Kier molecular flexibility index (Phi) is 3.36. The molecule has 2 aromatic rings. The maximum Gasteiger partial charge on any atom is 0.416 e. The van der Waals surface area contributed by atoms with Gasteiger partial charge in [-0.25, -0.2) is 4.98 Å². The zero-order valence-corrected chi connectivity index (χ0v) is 10.5. The van der Waals surface area contributed by atoms with Gasteiger partial charge in [0.05, 0.1) is 5.56 Å². The number of hydrogen-bond acceptors (Lipinski definition) is 2. The van der Waals surface area contributed by atoms with E-state index in [1.54, 1.807) is 0 Å². The van der Waals surface area contributed by atoms with Crippen LogP contribution in [0.3, 0.4) is 0 Å². The molecule has 0 aliphatic carbocycles. The zero-order valence-electron chi connectivity index (χ0n) is 9.70. The van der Waals surface area contributed by atoms with Gasteiger partial charge in [-0.2, -0.15) is 13.2 Å². The average Bonchev–Trinajstić information content (AvgIpc) is 2.70. The summed E-state index contributed by atoms with van der Waals surface area (Å²) < 4.78 is 38.6. The number of aromatic nitrogens is 2. The Morgan fingerprint density at radius 3 is 2.26 bits per heavy atom. The van der Waals surface area contributed by atoms with E-state index in [-0.39, 0.29) is 16.6 Å². The van der Waals surface area contributed by atoms with Crippen LogP contribution in [0.4, 0.5) is 13.2 Å². The summed E-state index contributed by atoms with van der Waals surface area (Å²) in [5.41, 5.74) is -0.265. The van der Waals surface area contributed by atoms with Gasteiger partial charge < -0.3 is 0 Å². The smallest absolute Gasteiger partial charge is 0.293 e. The van der Waals surface area contributed by atoms with Crippen LogP contribution in [0.25, 0.3) is 5.69 Å². The first-order valence-corrected chi connectivity index (χ1v) is 5.60. The first kappa shape index (κ1) is 13.6. The minimum Gasteiger partial charge on any atom is -0.293 e. The average molecular weight is 289 g/mol. The van der Waals surface area contributed by atoms with E-state index in [9.17, 15) is 18.0 Å². The minimum atomic E-state index is -4.39. The summed E-state index contributed by atoms with van der Waals surface area (Å²) in [4.78, 5) is 15.0. The molecule has 0 aliphatic heterocycles. The Balaban J connectivity index is 2.41.